The first-order valence-electron chi connectivity index (χ1n) is 5.50. The quantitative estimate of drug-likeness (QED) is 0.645. The molecule has 1 heterocycles. The van der Waals surface area contributed by atoms with E-state index in [0.717, 1.165) is 0 Å². The lowest BCUT2D eigenvalue weighted by Gasteiger charge is -2.40. The van der Waals surface area contributed by atoms with Crippen molar-refractivity contribution in [3.05, 3.63) is 0 Å². The standard InChI is InChI=1S/C11H21NO4/c1-10(2,3)16-9(14)12-6-5-8(13)11(4,15)7-12/h8,13,15H,5-7H2,1-4H3/t8-,11-/m0/s1. The van der Waals surface area contributed by atoms with E-state index >= 15 is 0 Å². The summed E-state index contributed by atoms with van der Waals surface area (Å²) in [4.78, 5) is 13.1. The number of nitrogens with zero attached hydrogens (tertiary/aromatic N) is 1. The molecule has 0 unspecified atom stereocenters. The van der Waals surface area contributed by atoms with Gasteiger partial charge in [-0.2, -0.15) is 0 Å². The highest BCUT2D eigenvalue weighted by atomic mass is 16.6. The molecule has 5 heteroatoms. The minimum atomic E-state index is -1.25. The van der Waals surface area contributed by atoms with Crippen molar-refractivity contribution in [3.8, 4) is 0 Å². The largest absolute Gasteiger partial charge is 0.444 e. The van der Waals surface area contributed by atoms with Crippen molar-refractivity contribution in [2.24, 2.45) is 0 Å². The Hall–Kier alpha value is -0.810. The predicted octanol–water partition coefficient (Wildman–Crippen LogP) is 0.739. The number of aliphatic hydroxyl groups is 2. The van der Waals surface area contributed by atoms with Gasteiger partial charge in [-0.05, 0) is 34.1 Å². The fraction of sp³-hybridized carbons (Fsp3) is 0.909. The van der Waals surface area contributed by atoms with Crippen molar-refractivity contribution in [1.82, 2.24) is 4.90 Å². The first-order valence-corrected chi connectivity index (χ1v) is 5.50. The number of hydrogen-bond donors (Lipinski definition) is 2. The van der Waals surface area contributed by atoms with Gasteiger partial charge in [-0.3, -0.25) is 0 Å². The lowest BCUT2D eigenvalue weighted by atomic mass is 9.92. The average molecular weight is 231 g/mol. The summed E-state index contributed by atoms with van der Waals surface area (Å²) in [6.07, 6.45) is -0.863. The molecule has 0 aliphatic carbocycles. The second kappa shape index (κ2) is 4.22. The third-order valence-electron chi connectivity index (χ3n) is 2.55. The van der Waals surface area contributed by atoms with E-state index in [1.165, 1.54) is 11.8 Å². The SMILES string of the molecule is CC(C)(C)OC(=O)N1CC[C@H](O)[C@@](C)(O)C1. The number of likely N-dealkylation sites (tertiary alicyclic amines) is 1. The normalized spacial score (nSPS) is 31.4. The zero-order valence-electron chi connectivity index (χ0n) is 10.4. The molecule has 0 aromatic rings. The molecule has 1 saturated heterocycles. The van der Waals surface area contributed by atoms with Crippen LogP contribution in [0.1, 0.15) is 34.1 Å². The number of hydrogen-bond acceptors (Lipinski definition) is 4. The highest BCUT2D eigenvalue weighted by Gasteiger charge is 2.39. The van der Waals surface area contributed by atoms with Crippen LogP contribution in [0.2, 0.25) is 0 Å². The monoisotopic (exact) mass is 231 g/mol. The Morgan fingerprint density at radius 3 is 2.50 bits per heavy atom. The molecule has 0 radical (unpaired) electrons. The third-order valence-corrected chi connectivity index (χ3v) is 2.55. The van der Waals surface area contributed by atoms with Crippen molar-refractivity contribution in [1.29, 1.82) is 0 Å². The molecule has 94 valence electrons. The molecule has 5 nitrogen and oxygen atoms in total. The Labute approximate surface area is 96.0 Å². The van der Waals surface area contributed by atoms with E-state index in [2.05, 4.69) is 0 Å². The molecule has 1 aliphatic heterocycles. The summed E-state index contributed by atoms with van der Waals surface area (Å²) >= 11 is 0. The maximum absolute atomic E-state index is 11.7. The molecule has 1 rings (SSSR count). The highest BCUT2D eigenvalue weighted by molar-refractivity contribution is 5.68. The lowest BCUT2D eigenvalue weighted by Crippen LogP contribution is -2.57. The van der Waals surface area contributed by atoms with Crippen molar-refractivity contribution in [3.63, 3.8) is 0 Å². The first kappa shape index (κ1) is 13.3. The highest BCUT2D eigenvalue weighted by Crippen LogP contribution is 2.22. The number of aliphatic hydroxyl groups excluding tert-OH is 1. The second-order valence-electron chi connectivity index (χ2n) is 5.56. The van der Waals surface area contributed by atoms with Gasteiger partial charge in [-0.1, -0.05) is 0 Å². The fourth-order valence-corrected chi connectivity index (χ4v) is 1.64. The van der Waals surface area contributed by atoms with Crippen LogP contribution in [0.3, 0.4) is 0 Å². The van der Waals surface area contributed by atoms with Crippen LogP contribution < -0.4 is 0 Å². The molecule has 0 bridgehead atoms. The van der Waals surface area contributed by atoms with Gasteiger partial charge in [0.15, 0.2) is 0 Å². The van der Waals surface area contributed by atoms with Crippen LogP contribution in [0.4, 0.5) is 4.79 Å². The second-order valence-corrected chi connectivity index (χ2v) is 5.56. The summed E-state index contributed by atoms with van der Waals surface area (Å²) in [6, 6.07) is 0. The number of rotatable bonds is 0. The molecular formula is C11H21NO4. The summed E-state index contributed by atoms with van der Waals surface area (Å²) < 4.78 is 5.20. The summed E-state index contributed by atoms with van der Waals surface area (Å²) in [7, 11) is 0. The number of β-amino-alcohol motifs (C(OH)–C–C–N with tert-alkyl or cyclic N) is 1. The number of ether oxygens (including phenoxy) is 1. The van der Waals surface area contributed by atoms with Gasteiger partial charge in [-0.25, -0.2) is 4.79 Å². The van der Waals surface area contributed by atoms with E-state index in [1.807, 2.05) is 0 Å². The molecule has 1 aliphatic rings. The van der Waals surface area contributed by atoms with Gasteiger partial charge in [0.25, 0.3) is 0 Å². The molecule has 1 amide bonds. The van der Waals surface area contributed by atoms with Crippen LogP contribution in [-0.2, 0) is 4.74 Å². The van der Waals surface area contributed by atoms with Crippen molar-refractivity contribution in [2.45, 2.75) is 51.4 Å². The minimum Gasteiger partial charge on any atom is -0.444 e. The molecule has 2 atom stereocenters. The van der Waals surface area contributed by atoms with Crippen molar-refractivity contribution < 1.29 is 19.7 Å². The Bertz CT molecular complexity index is 270. The smallest absolute Gasteiger partial charge is 0.410 e. The van der Waals surface area contributed by atoms with Crippen LogP contribution in [0.25, 0.3) is 0 Å². The summed E-state index contributed by atoms with van der Waals surface area (Å²) in [5, 5.41) is 19.4. The van der Waals surface area contributed by atoms with Crippen molar-refractivity contribution >= 4 is 6.09 Å². The van der Waals surface area contributed by atoms with E-state index in [4.69, 9.17) is 4.74 Å². The third kappa shape index (κ3) is 3.35. The zero-order chi connectivity index (χ0) is 12.6. The number of piperidine rings is 1. The fourth-order valence-electron chi connectivity index (χ4n) is 1.64. The molecule has 16 heavy (non-hydrogen) atoms. The van der Waals surface area contributed by atoms with Gasteiger partial charge in [0.1, 0.15) is 11.2 Å². The van der Waals surface area contributed by atoms with Gasteiger partial charge in [-0.15, -0.1) is 0 Å². The first-order chi connectivity index (χ1) is 7.12. The molecular weight excluding hydrogens is 210 g/mol. The molecule has 0 aromatic carbocycles. The minimum absolute atomic E-state index is 0.100. The summed E-state index contributed by atoms with van der Waals surface area (Å²) in [6.45, 7) is 7.41. The van der Waals surface area contributed by atoms with E-state index in [9.17, 15) is 15.0 Å². The van der Waals surface area contributed by atoms with Crippen LogP contribution >= 0.6 is 0 Å². The molecule has 0 aromatic heterocycles. The summed E-state index contributed by atoms with van der Waals surface area (Å²) in [5.74, 6) is 0. The maximum atomic E-state index is 11.7. The van der Waals surface area contributed by atoms with E-state index < -0.39 is 23.4 Å². The van der Waals surface area contributed by atoms with E-state index in [0.29, 0.717) is 13.0 Å². The number of carbonyl (C=O) groups excluding carboxylic acids is 1. The van der Waals surface area contributed by atoms with Gasteiger partial charge >= 0.3 is 6.09 Å². The van der Waals surface area contributed by atoms with Gasteiger partial charge in [0.2, 0.25) is 0 Å². The number of amides is 1. The molecule has 1 fully saturated rings. The van der Waals surface area contributed by atoms with Crippen LogP contribution in [0, 0.1) is 0 Å². The van der Waals surface area contributed by atoms with Crippen molar-refractivity contribution in [2.75, 3.05) is 13.1 Å². The van der Waals surface area contributed by atoms with Crippen LogP contribution in [-0.4, -0.2) is 51.6 Å². The van der Waals surface area contributed by atoms with Crippen LogP contribution in [0.15, 0.2) is 0 Å². The Morgan fingerprint density at radius 2 is 2.06 bits per heavy atom. The Kier molecular flexibility index (Phi) is 3.50. The molecule has 0 saturated carbocycles. The average Bonchev–Trinajstić information content (AvgIpc) is 2.06. The van der Waals surface area contributed by atoms with Gasteiger partial charge in [0, 0.05) is 6.54 Å². The number of carbonyl (C=O) groups is 1. The Morgan fingerprint density at radius 1 is 1.50 bits per heavy atom. The topological polar surface area (TPSA) is 70.0 Å². The molecule has 0 spiro atoms. The van der Waals surface area contributed by atoms with Gasteiger partial charge < -0.3 is 19.8 Å². The van der Waals surface area contributed by atoms with E-state index in [1.54, 1.807) is 20.8 Å². The maximum Gasteiger partial charge on any atom is 0.410 e. The zero-order valence-corrected chi connectivity index (χ0v) is 10.4. The predicted molar refractivity (Wildman–Crippen MR) is 59.1 cm³/mol. The van der Waals surface area contributed by atoms with E-state index in [-0.39, 0.29) is 6.54 Å². The lowest BCUT2D eigenvalue weighted by molar-refractivity contribution is -0.108. The molecule has 2 N–H and O–H groups in total. The van der Waals surface area contributed by atoms with Crippen LogP contribution in [0.5, 0.6) is 0 Å². The summed E-state index contributed by atoms with van der Waals surface area (Å²) in [5.41, 5.74) is -1.80. The van der Waals surface area contributed by atoms with Gasteiger partial charge in [0.05, 0.1) is 12.6 Å². The Balaban J connectivity index is 2.60.